The van der Waals surface area contributed by atoms with E-state index in [2.05, 4.69) is 0 Å². The lowest BCUT2D eigenvalue weighted by atomic mass is 10.4. The Morgan fingerprint density at radius 3 is 1.79 bits per heavy atom. The van der Waals surface area contributed by atoms with Gasteiger partial charge in [0.2, 0.25) is 0 Å². The summed E-state index contributed by atoms with van der Waals surface area (Å²) in [5.41, 5.74) is 0. The van der Waals surface area contributed by atoms with E-state index in [1.54, 1.807) is 0 Å². The van der Waals surface area contributed by atoms with Gasteiger partial charge in [-0.15, -0.1) is 0 Å². The van der Waals surface area contributed by atoms with Crippen LogP contribution in [0.15, 0.2) is 34.1 Å². The van der Waals surface area contributed by atoms with Crippen LogP contribution in [0, 0.1) is 20.2 Å². The summed E-state index contributed by atoms with van der Waals surface area (Å²) < 4.78 is -1.12. The first-order chi connectivity index (χ1) is 6.58. The lowest BCUT2D eigenvalue weighted by Crippen LogP contribution is -1.86. The van der Waals surface area contributed by atoms with Crippen LogP contribution in [0.4, 0.5) is 0 Å². The minimum absolute atomic E-state index is 0.377. The van der Waals surface area contributed by atoms with Crippen LogP contribution in [0.3, 0.4) is 0 Å². The Hall–Kier alpha value is -1.28. The van der Waals surface area contributed by atoms with Crippen molar-refractivity contribution in [1.29, 1.82) is 0 Å². The van der Waals surface area contributed by atoms with E-state index in [1.807, 2.05) is 0 Å². The van der Waals surface area contributed by atoms with E-state index in [4.69, 9.17) is 0 Å². The Morgan fingerprint density at radius 1 is 1.00 bits per heavy atom. The number of nitrogens with zero attached hydrogens (tertiary/aromatic N) is 2. The van der Waals surface area contributed by atoms with Gasteiger partial charge in [-0.05, 0) is 18.2 Å². The Kier molecular flexibility index (Phi) is 3.72. The zero-order chi connectivity index (χ0) is 10.6. The molecule has 0 aliphatic rings. The van der Waals surface area contributed by atoms with Crippen molar-refractivity contribution in [2.45, 2.75) is 9.79 Å². The van der Waals surface area contributed by atoms with Crippen molar-refractivity contribution in [2.75, 3.05) is 0 Å². The molecule has 0 spiro atoms. The Balaban J connectivity index is 2.78. The van der Waals surface area contributed by atoms with Gasteiger partial charge < -0.3 is 0 Å². The third-order valence-corrected chi connectivity index (χ3v) is 2.39. The SMILES string of the molecule is O=[N+]([O-])Sc1cccc(S[N+](=O)[O-])c1. The first-order valence-corrected chi connectivity index (χ1v) is 4.87. The summed E-state index contributed by atoms with van der Waals surface area (Å²) in [4.78, 5) is 21.0. The average Bonchev–Trinajstić information content (AvgIpc) is 2.01. The summed E-state index contributed by atoms with van der Waals surface area (Å²) in [7, 11) is 0. The van der Waals surface area contributed by atoms with Gasteiger partial charge in [0, 0.05) is 0 Å². The van der Waals surface area contributed by atoms with E-state index in [-0.39, 0.29) is 0 Å². The van der Waals surface area contributed by atoms with Gasteiger partial charge in [0.15, 0.2) is 0 Å². The molecule has 0 aliphatic heterocycles. The molecule has 1 rings (SSSR count). The standard InChI is InChI=1S/C6H4N2O4S2/c9-7(10)13-5-2-1-3-6(4-5)14-8(11)12/h1-4H. The maximum absolute atomic E-state index is 10.1. The molecule has 0 saturated heterocycles. The van der Waals surface area contributed by atoms with Crippen molar-refractivity contribution in [3.05, 3.63) is 44.5 Å². The molecule has 0 N–H and O–H groups in total. The molecule has 0 bridgehead atoms. The molecule has 1 aromatic rings. The molecular formula is C6H4N2O4S2. The van der Waals surface area contributed by atoms with Crippen molar-refractivity contribution < 1.29 is 8.66 Å². The van der Waals surface area contributed by atoms with Gasteiger partial charge in [0.1, 0.15) is 8.66 Å². The number of nitro groups is 2. The van der Waals surface area contributed by atoms with Crippen molar-refractivity contribution in [2.24, 2.45) is 0 Å². The first kappa shape index (κ1) is 10.8. The van der Waals surface area contributed by atoms with Crippen LogP contribution in [-0.4, -0.2) is 8.66 Å². The number of benzene rings is 1. The van der Waals surface area contributed by atoms with Crippen molar-refractivity contribution in [3.63, 3.8) is 0 Å². The van der Waals surface area contributed by atoms with Crippen LogP contribution in [0.5, 0.6) is 0 Å². The molecular weight excluding hydrogens is 228 g/mol. The zero-order valence-corrected chi connectivity index (χ0v) is 8.29. The predicted octanol–water partition coefficient (Wildman–Crippen LogP) is 2.25. The lowest BCUT2D eigenvalue weighted by Gasteiger charge is -1.93. The molecule has 1 aromatic carbocycles. The number of hydrogen-bond donors (Lipinski definition) is 0. The third-order valence-electron chi connectivity index (χ3n) is 1.17. The van der Waals surface area contributed by atoms with E-state index < -0.39 is 8.66 Å². The second-order valence-corrected chi connectivity index (χ2v) is 4.01. The molecule has 0 fully saturated rings. The Bertz CT molecular complexity index is 339. The number of hydrogen-bond acceptors (Lipinski definition) is 6. The second-order valence-electron chi connectivity index (χ2n) is 2.10. The van der Waals surface area contributed by atoms with Crippen molar-refractivity contribution in [1.82, 2.24) is 0 Å². The van der Waals surface area contributed by atoms with Crippen molar-refractivity contribution in [3.8, 4) is 0 Å². The van der Waals surface area contributed by atoms with E-state index in [0.717, 1.165) is 0 Å². The van der Waals surface area contributed by atoms with E-state index in [9.17, 15) is 20.2 Å². The highest BCUT2D eigenvalue weighted by Gasteiger charge is 2.10. The van der Waals surface area contributed by atoms with Crippen LogP contribution in [0.1, 0.15) is 0 Å². The van der Waals surface area contributed by atoms with Crippen LogP contribution >= 0.6 is 23.9 Å². The average molecular weight is 232 g/mol. The van der Waals surface area contributed by atoms with Crippen molar-refractivity contribution >= 4 is 23.9 Å². The molecule has 0 aromatic heterocycles. The molecule has 0 amide bonds. The summed E-state index contributed by atoms with van der Waals surface area (Å²) in [6.45, 7) is 0. The largest absolute Gasteiger partial charge is 0.265 e. The highest BCUT2D eigenvalue weighted by Crippen LogP contribution is 2.24. The van der Waals surface area contributed by atoms with Gasteiger partial charge in [-0.1, -0.05) is 6.07 Å². The van der Waals surface area contributed by atoms with Gasteiger partial charge in [-0.25, -0.2) is 0 Å². The maximum Gasteiger partial charge on any atom is 0.265 e. The topological polar surface area (TPSA) is 86.3 Å². The molecule has 8 heteroatoms. The van der Waals surface area contributed by atoms with Crippen LogP contribution in [-0.2, 0) is 0 Å². The quantitative estimate of drug-likeness (QED) is 0.449. The van der Waals surface area contributed by atoms with E-state index in [1.165, 1.54) is 24.3 Å². The second kappa shape index (κ2) is 4.82. The van der Waals surface area contributed by atoms with Gasteiger partial charge in [-0.3, -0.25) is 20.2 Å². The highest BCUT2D eigenvalue weighted by atomic mass is 32.2. The van der Waals surface area contributed by atoms with E-state index >= 15 is 0 Å². The minimum Gasteiger partial charge on any atom is -0.250 e. The molecule has 14 heavy (non-hydrogen) atoms. The normalized spacial score (nSPS) is 9.71. The molecule has 74 valence electrons. The Morgan fingerprint density at radius 2 is 1.43 bits per heavy atom. The van der Waals surface area contributed by atoms with Crippen LogP contribution in [0.25, 0.3) is 0 Å². The fourth-order valence-corrected chi connectivity index (χ4v) is 1.82. The van der Waals surface area contributed by atoms with Gasteiger partial charge in [-0.2, -0.15) is 0 Å². The Labute approximate surface area is 87.3 Å². The summed E-state index contributed by atoms with van der Waals surface area (Å²) in [5, 5.41) is 20.3. The monoisotopic (exact) mass is 232 g/mol. The zero-order valence-electron chi connectivity index (χ0n) is 6.65. The van der Waals surface area contributed by atoms with Gasteiger partial charge >= 0.3 is 0 Å². The van der Waals surface area contributed by atoms with Crippen LogP contribution in [0.2, 0.25) is 0 Å². The molecule has 0 heterocycles. The molecule has 0 unspecified atom stereocenters. The summed E-state index contributed by atoms with van der Waals surface area (Å²) in [5.74, 6) is 0. The number of rotatable bonds is 4. The molecule has 0 atom stereocenters. The van der Waals surface area contributed by atoms with Crippen LogP contribution < -0.4 is 0 Å². The molecule has 0 saturated carbocycles. The smallest absolute Gasteiger partial charge is 0.250 e. The summed E-state index contributed by atoms with van der Waals surface area (Å²) in [6.07, 6.45) is 0. The fraction of sp³-hybridized carbons (Fsp3) is 0. The minimum atomic E-state index is -0.560. The van der Waals surface area contributed by atoms with Gasteiger partial charge in [0.25, 0.3) is 23.9 Å². The summed E-state index contributed by atoms with van der Waals surface area (Å²) >= 11 is 0.852. The lowest BCUT2D eigenvalue weighted by molar-refractivity contribution is -0.284. The van der Waals surface area contributed by atoms with Gasteiger partial charge in [0.05, 0.1) is 9.79 Å². The summed E-state index contributed by atoms with van der Waals surface area (Å²) in [6, 6.07) is 5.99. The predicted molar refractivity (Wildman–Crippen MR) is 52.1 cm³/mol. The highest BCUT2D eigenvalue weighted by molar-refractivity contribution is 7.94. The third kappa shape index (κ3) is 3.62. The molecule has 0 radical (unpaired) electrons. The first-order valence-electron chi connectivity index (χ1n) is 3.33. The molecule has 0 aliphatic carbocycles. The molecule has 6 nitrogen and oxygen atoms in total. The fourth-order valence-electron chi connectivity index (χ4n) is 0.760. The maximum atomic E-state index is 10.1. The van der Waals surface area contributed by atoms with E-state index in [0.29, 0.717) is 33.7 Å².